The van der Waals surface area contributed by atoms with Crippen molar-refractivity contribution in [2.24, 2.45) is 0 Å². The van der Waals surface area contributed by atoms with Crippen molar-refractivity contribution in [3.8, 4) is 34.1 Å². The number of hydrogen-bond acceptors (Lipinski definition) is 6. The summed E-state index contributed by atoms with van der Waals surface area (Å²) in [6.07, 6.45) is 0. The van der Waals surface area contributed by atoms with Crippen molar-refractivity contribution >= 4 is 62.2 Å². The fourth-order valence-electron chi connectivity index (χ4n) is 3.66. The number of carboxylic acid groups (broad SMARTS) is 1. The van der Waals surface area contributed by atoms with E-state index in [4.69, 9.17) is 18.9 Å². The molecule has 7 nitrogen and oxygen atoms in total. The van der Waals surface area contributed by atoms with Crippen molar-refractivity contribution in [2.75, 3.05) is 13.6 Å². The third-order valence-electron chi connectivity index (χ3n) is 4.87. The van der Waals surface area contributed by atoms with Gasteiger partial charge in [-0.25, -0.2) is 4.79 Å². The molecule has 2 N–H and O–H groups in total. The molecular weight excluding hydrogens is 455 g/mol. The van der Waals surface area contributed by atoms with Gasteiger partial charge in [-0.1, -0.05) is 22.0 Å². The van der Waals surface area contributed by atoms with Crippen molar-refractivity contribution in [3.63, 3.8) is 0 Å². The number of fused-ring (bicyclic) bond motifs is 4. The Morgan fingerprint density at radius 2 is 1.72 bits per heavy atom. The summed E-state index contributed by atoms with van der Waals surface area (Å²) in [5.74, 6) is 1.10. The number of ether oxygens (including phenoxy) is 4. The SMILES string of the molecule is O=C(O)c1cc2c(Br)cc3c(c2c(-c2ccc4c(c2)OCO4)c1CO)OCO3.[NaH]. The van der Waals surface area contributed by atoms with Crippen LogP contribution in [0.15, 0.2) is 34.8 Å². The predicted molar refractivity (Wildman–Crippen MR) is 109 cm³/mol. The molecule has 0 saturated heterocycles. The van der Waals surface area contributed by atoms with Crippen molar-refractivity contribution in [1.82, 2.24) is 0 Å². The van der Waals surface area contributed by atoms with Crippen LogP contribution in [-0.2, 0) is 6.61 Å². The van der Waals surface area contributed by atoms with Crippen LogP contribution in [0.4, 0.5) is 0 Å². The van der Waals surface area contributed by atoms with E-state index in [1.807, 2.05) is 0 Å². The first-order valence-corrected chi connectivity index (χ1v) is 9.19. The summed E-state index contributed by atoms with van der Waals surface area (Å²) >= 11 is 3.50. The molecule has 2 heterocycles. The van der Waals surface area contributed by atoms with Gasteiger partial charge in [-0.05, 0) is 35.4 Å². The normalized spacial score (nSPS) is 13.4. The molecule has 0 fully saturated rings. The molecule has 0 bridgehead atoms. The van der Waals surface area contributed by atoms with Crippen LogP contribution < -0.4 is 18.9 Å². The molecule has 0 spiro atoms. The van der Waals surface area contributed by atoms with Crippen LogP contribution in [0.5, 0.6) is 23.0 Å². The standard InChI is InChI=1S/C20H13BrO7.Na.H/c21-13-5-16-19(28-8-27-16)18-11(13)4-10(20(23)24)12(6-22)17(18)9-1-2-14-15(3-9)26-7-25-14;;/h1-5,22H,6-8H2,(H,23,24);;. The second-order valence-electron chi connectivity index (χ2n) is 6.32. The average Bonchev–Trinajstić information content (AvgIpc) is 3.34. The zero-order valence-electron chi connectivity index (χ0n) is 14.3. The topological polar surface area (TPSA) is 94.5 Å². The molecule has 0 amide bonds. The molecule has 3 aromatic rings. The van der Waals surface area contributed by atoms with Gasteiger partial charge in [-0.15, -0.1) is 0 Å². The minimum absolute atomic E-state index is 0. The van der Waals surface area contributed by atoms with Crippen molar-refractivity contribution in [2.45, 2.75) is 6.61 Å². The number of benzene rings is 3. The molecule has 0 saturated carbocycles. The van der Waals surface area contributed by atoms with Crippen LogP contribution in [0, 0.1) is 0 Å². The first-order valence-electron chi connectivity index (χ1n) is 8.40. The number of aromatic carboxylic acids is 1. The summed E-state index contributed by atoms with van der Waals surface area (Å²) in [4.78, 5) is 11.9. The Balaban J connectivity index is 0.00000205. The molecule has 2 aliphatic rings. The molecular formula is C20H14BrNaO7. The van der Waals surface area contributed by atoms with Gasteiger partial charge in [-0.3, -0.25) is 0 Å². The molecule has 9 heteroatoms. The molecule has 0 aliphatic carbocycles. The van der Waals surface area contributed by atoms with E-state index in [2.05, 4.69) is 15.9 Å². The van der Waals surface area contributed by atoms with E-state index in [-0.39, 0.29) is 54.3 Å². The quantitative estimate of drug-likeness (QED) is 0.569. The molecule has 5 rings (SSSR count). The van der Waals surface area contributed by atoms with Gasteiger partial charge in [0.1, 0.15) is 0 Å². The number of aliphatic hydroxyl groups is 1. The van der Waals surface area contributed by atoms with E-state index in [1.54, 1.807) is 24.3 Å². The minimum atomic E-state index is -1.13. The van der Waals surface area contributed by atoms with E-state index >= 15 is 0 Å². The Hall–Kier alpha value is -1.97. The number of carboxylic acids is 1. The van der Waals surface area contributed by atoms with Gasteiger partial charge in [-0.2, -0.15) is 0 Å². The maximum atomic E-state index is 11.9. The van der Waals surface area contributed by atoms with E-state index < -0.39 is 12.6 Å². The third-order valence-corrected chi connectivity index (χ3v) is 5.52. The summed E-state index contributed by atoms with van der Waals surface area (Å²) < 4.78 is 22.7. The second kappa shape index (κ2) is 7.70. The van der Waals surface area contributed by atoms with Crippen LogP contribution in [-0.4, -0.2) is 59.3 Å². The zero-order valence-corrected chi connectivity index (χ0v) is 15.9. The van der Waals surface area contributed by atoms with Gasteiger partial charge in [0.2, 0.25) is 13.6 Å². The first-order chi connectivity index (χ1) is 13.6. The summed E-state index contributed by atoms with van der Waals surface area (Å²) in [6.45, 7) is -0.264. The maximum absolute atomic E-state index is 11.9. The fraction of sp³-hybridized carbons (Fsp3) is 0.150. The summed E-state index contributed by atoms with van der Waals surface area (Å²) in [5.41, 5.74) is 1.54. The Morgan fingerprint density at radius 1 is 1.00 bits per heavy atom. The van der Waals surface area contributed by atoms with Gasteiger partial charge in [0.15, 0.2) is 23.0 Å². The number of rotatable bonds is 3. The molecule has 0 radical (unpaired) electrons. The molecule has 0 unspecified atom stereocenters. The number of halogens is 1. The number of hydrogen-bond donors (Lipinski definition) is 2. The second-order valence-corrected chi connectivity index (χ2v) is 7.18. The summed E-state index contributed by atoms with van der Waals surface area (Å²) in [6, 6.07) is 8.61. The third kappa shape index (κ3) is 3.15. The molecule has 144 valence electrons. The van der Waals surface area contributed by atoms with Crippen LogP contribution >= 0.6 is 15.9 Å². The molecule has 0 atom stereocenters. The monoisotopic (exact) mass is 468 g/mol. The number of aliphatic hydroxyl groups excluding tert-OH is 1. The molecule has 3 aromatic carbocycles. The fourth-order valence-corrected chi connectivity index (χ4v) is 4.18. The van der Waals surface area contributed by atoms with Crippen LogP contribution in [0.3, 0.4) is 0 Å². The van der Waals surface area contributed by atoms with E-state index in [0.717, 1.165) is 0 Å². The van der Waals surface area contributed by atoms with Crippen molar-refractivity contribution in [1.29, 1.82) is 0 Å². The van der Waals surface area contributed by atoms with Gasteiger partial charge in [0, 0.05) is 20.8 Å². The van der Waals surface area contributed by atoms with E-state index in [1.165, 1.54) is 6.07 Å². The zero-order chi connectivity index (χ0) is 19.4. The Kier molecular flexibility index (Phi) is 5.39. The van der Waals surface area contributed by atoms with Gasteiger partial charge >= 0.3 is 35.5 Å². The Labute approximate surface area is 195 Å². The summed E-state index contributed by atoms with van der Waals surface area (Å²) in [5, 5.41) is 21.1. The van der Waals surface area contributed by atoms with Crippen LogP contribution in [0.1, 0.15) is 15.9 Å². The van der Waals surface area contributed by atoms with Crippen LogP contribution in [0.25, 0.3) is 21.9 Å². The first kappa shape index (κ1) is 20.3. The van der Waals surface area contributed by atoms with E-state index in [0.29, 0.717) is 49.4 Å². The average molecular weight is 469 g/mol. The van der Waals surface area contributed by atoms with Crippen molar-refractivity contribution in [3.05, 3.63) is 45.9 Å². The molecule has 2 aliphatic heterocycles. The molecule has 29 heavy (non-hydrogen) atoms. The van der Waals surface area contributed by atoms with Gasteiger partial charge in [0.25, 0.3) is 0 Å². The van der Waals surface area contributed by atoms with Gasteiger partial charge in [0.05, 0.1) is 12.2 Å². The van der Waals surface area contributed by atoms with Crippen molar-refractivity contribution < 1.29 is 34.0 Å². The Bertz CT molecular complexity index is 1160. The van der Waals surface area contributed by atoms with E-state index in [9.17, 15) is 15.0 Å². The predicted octanol–water partition coefficient (Wildman–Crippen LogP) is 3.27. The Morgan fingerprint density at radius 3 is 2.48 bits per heavy atom. The van der Waals surface area contributed by atoms with Gasteiger partial charge < -0.3 is 29.2 Å². The summed E-state index contributed by atoms with van der Waals surface area (Å²) in [7, 11) is 0. The van der Waals surface area contributed by atoms with Crippen LogP contribution in [0.2, 0.25) is 0 Å². The number of carbonyl (C=O) groups is 1. The molecule has 0 aromatic heterocycles.